The number of carbonyl (C=O) groups excluding carboxylic acids is 1. The summed E-state index contributed by atoms with van der Waals surface area (Å²) < 4.78 is 19.9. The van der Waals surface area contributed by atoms with Crippen LogP contribution in [0.25, 0.3) is 16.6 Å². The molecule has 1 heterocycles. The number of para-hydroxylation sites is 1. The van der Waals surface area contributed by atoms with E-state index >= 15 is 0 Å². The first-order chi connectivity index (χ1) is 16.8. The Morgan fingerprint density at radius 1 is 1.20 bits per heavy atom. The van der Waals surface area contributed by atoms with Crippen LogP contribution in [0.15, 0.2) is 70.6 Å². The number of fused-ring (bicyclic) bond motifs is 1. The van der Waals surface area contributed by atoms with Crippen molar-refractivity contribution in [3.05, 3.63) is 92.5 Å². The Kier molecular flexibility index (Phi) is 6.78. The Bertz CT molecular complexity index is 1500. The van der Waals surface area contributed by atoms with Crippen LogP contribution in [0.1, 0.15) is 5.56 Å². The van der Waals surface area contributed by atoms with Crippen molar-refractivity contribution in [3.8, 4) is 11.4 Å². The molecule has 0 saturated carbocycles. The fraction of sp³-hybridized carbons (Fsp3) is 0.125. The highest BCUT2D eigenvalue weighted by molar-refractivity contribution is 7.99. The van der Waals surface area contributed by atoms with Gasteiger partial charge in [-0.05, 0) is 48.9 Å². The monoisotopic (exact) mass is 494 g/mol. The molecule has 0 aliphatic rings. The molecule has 0 fully saturated rings. The summed E-state index contributed by atoms with van der Waals surface area (Å²) in [5.41, 5.74) is 1.17. The number of hydrogen-bond acceptors (Lipinski definition) is 7. The molecule has 0 aliphatic heterocycles. The van der Waals surface area contributed by atoms with E-state index in [9.17, 15) is 24.1 Å². The Balaban J connectivity index is 1.63. The van der Waals surface area contributed by atoms with Gasteiger partial charge in [-0.15, -0.1) is 0 Å². The van der Waals surface area contributed by atoms with Gasteiger partial charge in [0.2, 0.25) is 5.91 Å². The normalized spacial score (nSPS) is 10.8. The van der Waals surface area contributed by atoms with Crippen molar-refractivity contribution in [2.24, 2.45) is 0 Å². The number of nitro groups is 1. The lowest BCUT2D eigenvalue weighted by Crippen LogP contribution is -2.23. The van der Waals surface area contributed by atoms with E-state index in [-0.39, 0.29) is 27.9 Å². The summed E-state index contributed by atoms with van der Waals surface area (Å²) in [6.07, 6.45) is 0. The molecule has 1 N–H and O–H groups in total. The van der Waals surface area contributed by atoms with E-state index in [1.807, 2.05) is 0 Å². The number of ether oxygens (including phenoxy) is 1. The number of halogens is 1. The lowest BCUT2D eigenvalue weighted by atomic mass is 10.1. The van der Waals surface area contributed by atoms with Crippen LogP contribution in [0.5, 0.6) is 5.75 Å². The molecule has 3 aromatic carbocycles. The molecule has 1 amide bonds. The predicted molar refractivity (Wildman–Crippen MR) is 131 cm³/mol. The van der Waals surface area contributed by atoms with Crippen molar-refractivity contribution in [1.82, 2.24) is 9.55 Å². The summed E-state index contributed by atoms with van der Waals surface area (Å²) in [5.74, 6) is -0.949. The number of aromatic nitrogens is 2. The van der Waals surface area contributed by atoms with E-state index in [0.29, 0.717) is 27.8 Å². The number of carbonyl (C=O) groups is 1. The van der Waals surface area contributed by atoms with Crippen molar-refractivity contribution >= 4 is 39.9 Å². The van der Waals surface area contributed by atoms with Crippen LogP contribution in [-0.2, 0) is 4.79 Å². The second-order valence-electron chi connectivity index (χ2n) is 7.46. The first-order valence-corrected chi connectivity index (χ1v) is 11.3. The number of anilines is 1. The molecule has 4 rings (SSSR count). The molecule has 0 bridgehead atoms. The zero-order chi connectivity index (χ0) is 25.1. The van der Waals surface area contributed by atoms with Gasteiger partial charge in [0, 0.05) is 17.8 Å². The Hall–Kier alpha value is -4.25. The number of nitro benzene ring substituents is 1. The number of rotatable bonds is 7. The Labute approximate surface area is 202 Å². The minimum absolute atomic E-state index is 0.0184. The zero-order valence-electron chi connectivity index (χ0n) is 18.6. The number of methoxy groups -OCH3 is 1. The molecule has 0 atom stereocenters. The van der Waals surface area contributed by atoms with Gasteiger partial charge >= 0.3 is 5.69 Å². The molecule has 178 valence electrons. The smallest absolute Gasteiger partial charge is 0.311 e. The first kappa shape index (κ1) is 23.9. The van der Waals surface area contributed by atoms with Gasteiger partial charge in [0.15, 0.2) is 10.9 Å². The van der Waals surface area contributed by atoms with Crippen LogP contribution in [-0.4, -0.2) is 33.2 Å². The molecule has 9 nitrogen and oxygen atoms in total. The fourth-order valence-electron chi connectivity index (χ4n) is 3.46. The molecule has 1 aromatic heterocycles. The average Bonchev–Trinajstić information content (AvgIpc) is 2.84. The number of amides is 1. The van der Waals surface area contributed by atoms with E-state index in [4.69, 9.17) is 4.74 Å². The highest BCUT2D eigenvalue weighted by atomic mass is 32.2. The number of benzene rings is 3. The number of nitrogens with one attached hydrogen (secondary N) is 1. The topological polar surface area (TPSA) is 116 Å². The molecule has 0 unspecified atom stereocenters. The van der Waals surface area contributed by atoms with Crippen LogP contribution < -0.4 is 15.6 Å². The van der Waals surface area contributed by atoms with Gasteiger partial charge in [-0.2, -0.15) is 0 Å². The fourth-order valence-corrected chi connectivity index (χ4v) is 4.27. The molecule has 11 heteroatoms. The molecular weight excluding hydrogens is 475 g/mol. The maximum atomic E-state index is 13.5. The minimum atomic E-state index is -0.562. The van der Waals surface area contributed by atoms with Gasteiger partial charge < -0.3 is 10.1 Å². The molecule has 35 heavy (non-hydrogen) atoms. The third-order valence-corrected chi connectivity index (χ3v) is 6.10. The molecule has 0 saturated heterocycles. The minimum Gasteiger partial charge on any atom is -0.490 e. The second-order valence-corrected chi connectivity index (χ2v) is 8.40. The molecule has 0 aliphatic carbocycles. The van der Waals surface area contributed by atoms with E-state index in [0.717, 1.165) is 11.8 Å². The van der Waals surface area contributed by atoms with Gasteiger partial charge in [0.25, 0.3) is 5.56 Å². The molecule has 0 radical (unpaired) electrons. The van der Waals surface area contributed by atoms with Crippen molar-refractivity contribution in [3.63, 3.8) is 0 Å². The number of thioether (sulfide) groups is 1. The van der Waals surface area contributed by atoms with Crippen LogP contribution in [0.3, 0.4) is 0 Å². The van der Waals surface area contributed by atoms with Gasteiger partial charge in [-0.1, -0.05) is 23.9 Å². The summed E-state index contributed by atoms with van der Waals surface area (Å²) in [7, 11) is 1.30. The predicted octanol–water partition coefficient (Wildman–Crippen LogP) is 4.48. The summed E-state index contributed by atoms with van der Waals surface area (Å²) in [6.45, 7) is 1.63. The van der Waals surface area contributed by atoms with Crippen LogP contribution in [0.4, 0.5) is 15.8 Å². The van der Waals surface area contributed by atoms with E-state index in [1.165, 1.54) is 48.1 Å². The molecular formula is C24H19FN4O5S. The number of nitrogens with zero attached hydrogens (tertiary/aromatic N) is 3. The molecule has 4 aromatic rings. The van der Waals surface area contributed by atoms with Crippen molar-refractivity contribution in [2.45, 2.75) is 12.1 Å². The number of hydrogen-bond donors (Lipinski definition) is 1. The van der Waals surface area contributed by atoms with Gasteiger partial charge in [-0.25, -0.2) is 9.37 Å². The maximum absolute atomic E-state index is 13.5. The van der Waals surface area contributed by atoms with Gasteiger partial charge in [0.05, 0.1) is 34.4 Å². The van der Waals surface area contributed by atoms with Crippen LogP contribution in [0.2, 0.25) is 0 Å². The van der Waals surface area contributed by atoms with Crippen molar-refractivity contribution in [2.75, 3.05) is 18.2 Å². The lowest BCUT2D eigenvalue weighted by Gasteiger charge is -2.14. The lowest BCUT2D eigenvalue weighted by molar-refractivity contribution is -0.385. The summed E-state index contributed by atoms with van der Waals surface area (Å²) in [5, 5.41) is 14.6. The van der Waals surface area contributed by atoms with Crippen molar-refractivity contribution < 1.29 is 18.8 Å². The van der Waals surface area contributed by atoms with Crippen LogP contribution in [0, 0.1) is 22.9 Å². The SMILES string of the molecule is COc1cc(NC(=O)CSc2nc3ccccc3c(=O)n2-c2ccc(F)cc2)c(C)cc1[N+](=O)[O-]. The third kappa shape index (κ3) is 4.99. The quantitative estimate of drug-likeness (QED) is 0.174. The Morgan fingerprint density at radius 3 is 2.60 bits per heavy atom. The van der Waals surface area contributed by atoms with Crippen molar-refractivity contribution in [1.29, 1.82) is 0 Å². The maximum Gasteiger partial charge on any atom is 0.311 e. The zero-order valence-corrected chi connectivity index (χ0v) is 19.5. The average molecular weight is 495 g/mol. The van der Waals surface area contributed by atoms with E-state index in [2.05, 4.69) is 10.3 Å². The highest BCUT2D eigenvalue weighted by Gasteiger charge is 2.19. The first-order valence-electron chi connectivity index (χ1n) is 10.3. The van der Waals surface area contributed by atoms with E-state index in [1.54, 1.807) is 31.2 Å². The van der Waals surface area contributed by atoms with Gasteiger partial charge in [-0.3, -0.25) is 24.3 Å². The van der Waals surface area contributed by atoms with E-state index < -0.39 is 16.6 Å². The summed E-state index contributed by atoms with van der Waals surface area (Å²) >= 11 is 1.03. The largest absolute Gasteiger partial charge is 0.490 e. The Morgan fingerprint density at radius 2 is 1.91 bits per heavy atom. The highest BCUT2D eigenvalue weighted by Crippen LogP contribution is 2.33. The second kappa shape index (κ2) is 9.94. The number of aryl methyl sites for hydroxylation is 1. The summed E-state index contributed by atoms with van der Waals surface area (Å²) in [6, 6.07) is 14.9. The van der Waals surface area contributed by atoms with Gasteiger partial charge in [0.1, 0.15) is 5.82 Å². The summed E-state index contributed by atoms with van der Waals surface area (Å²) in [4.78, 5) is 41.1. The standard InChI is InChI=1S/C24H19FN4O5S/c1-14-11-20(29(32)33)21(34-2)12-19(14)26-22(30)13-35-24-27-18-6-4-3-5-17(18)23(31)28(24)16-9-7-15(25)8-10-16/h3-12H,13H2,1-2H3,(H,26,30). The molecule has 0 spiro atoms. The van der Waals surface area contributed by atoms with Crippen LogP contribution >= 0.6 is 11.8 Å². The third-order valence-electron chi connectivity index (χ3n) is 5.16.